The molecule has 0 radical (unpaired) electrons. The van der Waals surface area contributed by atoms with Crippen LogP contribution in [0.5, 0.6) is 17.2 Å². The van der Waals surface area contributed by atoms with Gasteiger partial charge in [0.15, 0.2) is 6.61 Å². The van der Waals surface area contributed by atoms with Gasteiger partial charge in [-0.1, -0.05) is 11.1 Å². The number of ether oxygens (including phenoxy) is 2. The highest BCUT2D eigenvalue weighted by molar-refractivity contribution is 6.31. The van der Waals surface area contributed by atoms with Crippen LogP contribution in [-0.2, 0) is 4.84 Å². The lowest BCUT2D eigenvalue weighted by Crippen LogP contribution is -2.03. The summed E-state index contributed by atoms with van der Waals surface area (Å²) in [5.41, 5.74) is 4.84. The number of aromatic amines is 1. The molecular formula is C20H17ClN2O4. The number of H-pyrrole nitrogens is 1. The molecule has 1 aliphatic carbocycles. The monoisotopic (exact) mass is 384 g/mol. The predicted octanol–water partition coefficient (Wildman–Crippen LogP) is 3.70. The van der Waals surface area contributed by atoms with Crippen molar-refractivity contribution in [2.24, 2.45) is 5.16 Å². The van der Waals surface area contributed by atoms with Crippen molar-refractivity contribution in [1.82, 2.24) is 4.98 Å². The molecule has 4 rings (SSSR count). The first kappa shape index (κ1) is 18.5. The number of aromatic hydroxyl groups is 1. The fraction of sp³-hybridized carbons (Fsp3) is 0.150. The fourth-order valence-corrected chi connectivity index (χ4v) is 3.29. The molecule has 2 N–H and O–H groups in total. The van der Waals surface area contributed by atoms with Gasteiger partial charge in [-0.3, -0.25) is 0 Å². The number of methoxy groups -OCH3 is 2. The molecule has 1 aromatic heterocycles. The van der Waals surface area contributed by atoms with Gasteiger partial charge in [0.05, 0.1) is 25.5 Å². The number of hydrogen-bond acceptors (Lipinski definition) is 5. The minimum Gasteiger partial charge on any atom is -0.508 e. The number of rotatable bonds is 4. The Morgan fingerprint density at radius 2 is 1.96 bits per heavy atom. The maximum atomic E-state index is 9.92. The molecule has 2 aromatic carbocycles. The van der Waals surface area contributed by atoms with Gasteiger partial charge in [0.1, 0.15) is 23.0 Å². The Morgan fingerprint density at radius 3 is 2.67 bits per heavy atom. The summed E-state index contributed by atoms with van der Waals surface area (Å²) in [5.74, 6) is 3.85. The number of hydrogen-bond donors (Lipinski definition) is 2. The van der Waals surface area contributed by atoms with Crippen molar-refractivity contribution in [2.75, 3.05) is 20.8 Å². The number of terminal acetylenes is 1. The number of halogens is 1. The molecule has 1 aliphatic rings. The molecule has 0 unspecified atom stereocenters. The van der Waals surface area contributed by atoms with Crippen molar-refractivity contribution >= 4 is 29.0 Å². The van der Waals surface area contributed by atoms with Crippen molar-refractivity contribution in [3.63, 3.8) is 0 Å². The Morgan fingerprint density at radius 1 is 1.15 bits per heavy atom. The topological polar surface area (TPSA) is 76.1 Å². The molecule has 3 aromatic rings. The lowest BCUT2D eigenvalue weighted by atomic mass is 10.0. The number of nitrogens with zero attached hydrogens (tertiary/aromatic N) is 1. The molecule has 138 valence electrons. The Labute approximate surface area is 162 Å². The number of phenols is 1. The molecule has 0 saturated heterocycles. The van der Waals surface area contributed by atoms with Crippen molar-refractivity contribution in [3.8, 4) is 40.8 Å². The van der Waals surface area contributed by atoms with Gasteiger partial charge in [-0.05, 0) is 24.3 Å². The Hall–Kier alpha value is -3.30. The third-order valence-electron chi connectivity index (χ3n) is 4.36. The largest absolute Gasteiger partial charge is 0.508 e. The molecule has 0 aliphatic heterocycles. The summed E-state index contributed by atoms with van der Waals surface area (Å²) in [6, 6.07) is 8.85. The number of oxime groups is 1. The highest BCUT2D eigenvalue weighted by Crippen LogP contribution is 2.46. The number of aromatic nitrogens is 1. The minimum absolute atomic E-state index is 0. The molecule has 0 saturated carbocycles. The van der Waals surface area contributed by atoms with E-state index < -0.39 is 0 Å². The summed E-state index contributed by atoms with van der Waals surface area (Å²) in [7, 11) is 3.19. The van der Waals surface area contributed by atoms with Crippen molar-refractivity contribution in [3.05, 3.63) is 41.5 Å². The first-order valence-corrected chi connectivity index (χ1v) is 7.93. The second-order valence-electron chi connectivity index (χ2n) is 5.77. The van der Waals surface area contributed by atoms with Crippen LogP contribution in [0, 0.1) is 12.3 Å². The minimum atomic E-state index is 0. The van der Waals surface area contributed by atoms with Crippen LogP contribution in [0.4, 0.5) is 0 Å². The van der Waals surface area contributed by atoms with E-state index in [9.17, 15) is 5.11 Å². The van der Waals surface area contributed by atoms with Crippen molar-refractivity contribution in [2.45, 2.75) is 0 Å². The van der Waals surface area contributed by atoms with Gasteiger partial charge in [-0.25, -0.2) is 0 Å². The lowest BCUT2D eigenvalue weighted by molar-refractivity contribution is 0.180. The second kappa shape index (κ2) is 7.14. The first-order valence-electron chi connectivity index (χ1n) is 7.93. The Balaban J connectivity index is 0.00000210. The third kappa shape index (κ3) is 2.82. The summed E-state index contributed by atoms with van der Waals surface area (Å²) in [4.78, 5) is 8.66. The van der Waals surface area contributed by atoms with Gasteiger partial charge in [-0.15, -0.1) is 18.8 Å². The van der Waals surface area contributed by atoms with Gasteiger partial charge >= 0.3 is 0 Å². The zero-order valence-electron chi connectivity index (χ0n) is 14.7. The summed E-state index contributed by atoms with van der Waals surface area (Å²) in [6.07, 6.45) is 5.26. The van der Waals surface area contributed by atoms with E-state index in [2.05, 4.69) is 16.1 Å². The van der Waals surface area contributed by atoms with Crippen LogP contribution in [0.2, 0.25) is 0 Å². The highest BCUT2D eigenvalue weighted by Gasteiger charge is 2.33. The molecule has 7 heteroatoms. The summed E-state index contributed by atoms with van der Waals surface area (Å²) >= 11 is 0. The number of benzene rings is 2. The maximum absolute atomic E-state index is 9.92. The first-order chi connectivity index (χ1) is 12.7. The van der Waals surface area contributed by atoms with Gasteiger partial charge in [0, 0.05) is 28.1 Å². The Bertz CT molecular complexity index is 1100. The predicted molar refractivity (Wildman–Crippen MR) is 106 cm³/mol. The van der Waals surface area contributed by atoms with Crippen molar-refractivity contribution < 1.29 is 19.4 Å². The van der Waals surface area contributed by atoms with E-state index >= 15 is 0 Å². The quantitative estimate of drug-likeness (QED) is 0.319. The summed E-state index contributed by atoms with van der Waals surface area (Å²) in [6.45, 7) is 0.0558. The van der Waals surface area contributed by atoms with E-state index in [1.807, 2.05) is 12.1 Å². The van der Waals surface area contributed by atoms with E-state index in [4.69, 9.17) is 20.7 Å². The average molecular weight is 385 g/mol. The van der Waals surface area contributed by atoms with Gasteiger partial charge in [0.25, 0.3) is 0 Å². The van der Waals surface area contributed by atoms with Gasteiger partial charge < -0.3 is 24.4 Å². The molecule has 0 amide bonds. The number of phenolic OH excluding ortho intramolecular Hbond substituents is 1. The van der Waals surface area contributed by atoms with E-state index in [-0.39, 0.29) is 24.8 Å². The normalized spacial score (nSPS) is 12.9. The molecule has 0 fully saturated rings. The zero-order chi connectivity index (χ0) is 18.3. The standard InChI is InChI=1S/C20H16N2O4.ClH/c1-4-7-26-22-20-17-14(9-12(24-2)10-16(17)25-3)19-18(20)13-8-11(23)5-6-15(13)21-19;/h1,5-6,8-10,21,23H,7H2,2-3H3;1H. The molecular weight excluding hydrogens is 368 g/mol. The second-order valence-corrected chi connectivity index (χ2v) is 5.77. The van der Waals surface area contributed by atoms with Crippen LogP contribution >= 0.6 is 12.4 Å². The van der Waals surface area contributed by atoms with E-state index in [1.54, 1.807) is 32.4 Å². The number of fused-ring (bicyclic) bond motifs is 5. The molecule has 0 atom stereocenters. The molecule has 6 nitrogen and oxygen atoms in total. The Kier molecular flexibility index (Phi) is 4.89. The van der Waals surface area contributed by atoms with Crippen LogP contribution in [0.1, 0.15) is 11.1 Å². The van der Waals surface area contributed by atoms with E-state index in [0.29, 0.717) is 17.2 Å². The van der Waals surface area contributed by atoms with Crippen LogP contribution in [0.3, 0.4) is 0 Å². The van der Waals surface area contributed by atoms with Crippen LogP contribution in [0.25, 0.3) is 22.2 Å². The number of nitrogens with one attached hydrogen (secondary N) is 1. The molecule has 27 heavy (non-hydrogen) atoms. The molecule has 1 heterocycles. The van der Waals surface area contributed by atoms with Gasteiger partial charge in [0.2, 0.25) is 0 Å². The van der Waals surface area contributed by atoms with Crippen LogP contribution in [0.15, 0.2) is 35.5 Å². The molecule has 0 spiro atoms. The van der Waals surface area contributed by atoms with Gasteiger partial charge in [-0.2, -0.15) is 0 Å². The maximum Gasteiger partial charge on any atom is 0.177 e. The average Bonchev–Trinajstić information content (AvgIpc) is 3.16. The van der Waals surface area contributed by atoms with E-state index in [0.717, 1.165) is 33.3 Å². The smallest absolute Gasteiger partial charge is 0.177 e. The lowest BCUT2D eigenvalue weighted by Gasteiger charge is -2.11. The zero-order valence-corrected chi connectivity index (χ0v) is 15.5. The SMILES string of the molecule is C#CCON=C1c2c(OC)cc(OC)cc2-c2[nH]c3ccc(O)cc3c21.Cl. The highest BCUT2D eigenvalue weighted by atomic mass is 35.5. The fourth-order valence-electron chi connectivity index (χ4n) is 3.29. The van der Waals surface area contributed by atoms with Crippen LogP contribution < -0.4 is 9.47 Å². The molecule has 0 bridgehead atoms. The van der Waals surface area contributed by atoms with Crippen LogP contribution in [-0.4, -0.2) is 36.6 Å². The third-order valence-corrected chi connectivity index (χ3v) is 4.36. The van der Waals surface area contributed by atoms with Crippen molar-refractivity contribution in [1.29, 1.82) is 0 Å². The summed E-state index contributed by atoms with van der Waals surface area (Å²) < 4.78 is 10.9. The summed E-state index contributed by atoms with van der Waals surface area (Å²) in [5, 5.41) is 15.0. The van der Waals surface area contributed by atoms with E-state index in [1.165, 1.54) is 0 Å².